The zero-order chi connectivity index (χ0) is 17.6. The minimum absolute atomic E-state index is 0.152. The number of anilines is 2. The molecule has 0 saturated heterocycles. The van der Waals surface area contributed by atoms with E-state index in [-0.39, 0.29) is 33.8 Å². The minimum Gasteiger partial charge on any atom is -0.507 e. The van der Waals surface area contributed by atoms with Gasteiger partial charge in [-0.25, -0.2) is 0 Å². The molecule has 5 nitrogen and oxygen atoms in total. The standard InChI is InChI=1S/C20H13NO4/c22-15-8-9-16(23)18-17(15)19(24)13-7-6-12(10-14(13)20(18)25)21-11-4-2-1-3-5-11/h1-10,21-23H. The van der Waals surface area contributed by atoms with Gasteiger partial charge in [0.05, 0.1) is 11.1 Å². The van der Waals surface area contributed by atoms with E-state index in [9.17, 15) is 19.8 Å². The van der Waals surface area contributed by atoms with E-state index in [1.54, 1.807) is 18.2 Å². The Kier molecular flexibility index (Phi) is 3.28. The van der Waals surface area contributed by atoms with Crippen molar-refractivity contribution in [1.29, 1.82) is 0 Å². The van der Waals surface area contributed by atoms with Crippen LogP contribution in [0.1, 0.15) is 31.8 Å². The van der Waals surface area contributed by atoms with E-state index in [0.717, 1.165) is 5.69 Å². The first-order chi connectivity index (χ1) is 12.1. The maximum Gasteiger partial charge on any atom is 0.198 e. The molecule has 0 fully saturated rings. The van der Waals surface area contributed by atoms with E-state index >= 15 is 0 Å². The molecule has 0 aromatic heterocycles. The molecule has 3 aromatic carbocycles. The van der Waals surface area contributed by atoms with Crippen molar-refractivity contribution in [2.45, 2.75) is 0 Å². The number of para-hydroxylation sites is 1. The molecular formula is C20H13NO4. The van der Waals surface area contributed by atoms with Crippen LogP contribution in [-0.2, 0) is 0 Å². The molecule has 0 atom stereocenters. The van der Waals surface area contributed by atoms with Crippen LogP contribution in [-0.4, -0.2) is 21.8 Å². The summed E-state index contributed by atoms with van der Waals surface area (Å²) in [5.41, 5.74) is 1.58. The smallest absolute Gasteiger partial charge is 0.198 e. The third kappa shape index (κ3) is 2.33. The van der Waals surface area contributed by atoms with Crippen LogP contribution in [0.2, 0.25) is 0 Å². The number of aromatic hydroxyl groups is 2. The van der Waals surface area contributed by atoms with Crippen LogP contribution in [0.4, 0.5) is 11.4 Å². The second kappa shape index (κ2) is 5.49. The van der Waals surface area contributed by atoms with Crippen LogP contribution in [0.3, 0.4) is 0 Å². The number of rotatable bonds is 2. The van der Waals surface area contributed by atoms with E-state index in [4.69, 9.17) is 0 Å². The van der Waals surface area contributed by atoms with Crippen LogP contribution in [0.15, 0.2) is 60.7 Å². The minimum atomic E-state index is -0.491. The normalized spacial score (nSPS) is 12.5. The third-order valence-corrected chi connectivity index (χ3v) is 4.19. The molecule has 25 heavy (non-hydrogen) atoms. The first kappa shape index (κ1) is 15.0. The highest BCUT2D eigenvalue weighted by atomic mass is 16.3. The van der Waals surface area contributed by atoms with Gasteiger partial charge >= 0.3 is 0 Å². The van der Waals surface area contributed by atoms with Crippen LogP contribution >= 0.6 is 0 Å². The summed E-state index contributed by atoms with van der Waals surface area (Å²) < 4.78 is 0. The second-order valence-corrected chi connectivity index (χ2v) is 5.76. The molecule has 0 unspecified atom stereocenters. The number of carbonyl (C=O) groups is 2. The largest absolute Gasteiger partial charge is 0.507 e. The summed E-state index contributed by atoms with van der Waals surface area (Å²) in [4.78, 5) is 25.4. The molecule has 122 valence electrons. The Morgan fingerprint density at radius 3 is 1.88 bits per heavy atom. The highest BCUT2D eigenvalue weighted by Gasteiger charge is 2.34. The molecule has 5 heteroatoms. The number of phenolic OH excluding ortho intramolecular Hbond substituents is 2. The Morgan fingerprint density at radius 2 is 1.24 bits per heavy atom. The zero-order valence-corrected chi connectivity index (χ0v) is 13.0. The lowest BCUT2D eigenvalue weighted by Crippen LogP contribution is -2.21. The van der Waals surface area contributed by atoms with Crippen molar-refractivity contribution < 1.29 is 19.8 Å². The van der Waals surface area contributed by atoms with E-state index in [1.165, 1.54) is 12.1 Å². The molecule has 0 amide bonds. The number of ketones is 2. The number of phenols is 2. The van der Waals surface area contributed by atoms with Gasteiger partial charge in [0.15, 0.2) is 11.6 Å². The summed E-state index contributed by atoms with van der Waals surface area (Å²) in [5.74, 6) is -1.61. The summed E-state index contributed by atoms with van der Waals surface area (Å²) in [6.07, 6.45) is 0. The highest BCUT2D eigenvalue weighted by Crippen LogP contribution is 2.38. The highest BCUT2D eigenvalue weighted by molar-refractivity contribution is 6.30. The van der Waals surface area contributed by atoms with Gasteiger partial charge in [-0.3, -0.25) is 9.59 Å². The Morgan fingerprint density at radius 1 is 0.640 bits per heavy atom. The topological polar surface area (TPSA) is 86.6 Å². The summed E-state index contributed by atoms with van der Waals surface area (Å²) in [6, 6.07) is 16.7. The van der Waals surface area contributed by atoms with Gasteiger partial charge in [0.1, 0.15) is 11.5 Å². The molecule has 1 aliphatic carbocycles. The molecule has 0 saturated carbocycles. The zero-order valence-electron chi connectivity index (χ0n) is 13.0. The van der Waals surface area contributed by atoms with Gasteiger partial charge < -0.3 is 15.5 Å². The van der Waals surface area contributed by atoms with Crippen molar-refractivity contribution in [3.63, 3.8) is 0 Å². The van der Waals surface area contributed by atoms with Crippen LogP contribution in [0.5, 0.6) is 11.5 Å². The summed E-state index contributed by atoms with van der Waals surface area (Å²) in [6.45, 7) is 0. The second-order valence-electron chi connectivity index (χ2n) is 5.76. The maximum absolute atomic E-state index is 12.8. The fourth-order valence-electron chi connectivity index (χ4n) is 3.01. The molecule has 1 aliphatic rings. The van der Waals surface area contributed by atoms with Gasteiger partial charge in [-0.05, 0) is 42.5 Å². The van der Waals surface area contributed by atoms with Crippen molar-refractivity contribution in [1.82, 2.24) is 0 Å². The number of hydrogen-bond donors (Lipinski definition) is 3. The van der Waals surface area contributed by atoms with Gasteiger partial charge in [0.25, 0.3) is 0 Å². The predicted octanol–water partition coefficient (Wildman–Crippen LogP) is 3.62. The molecular weight excluding hydrogens is 318 g/mol. The van der Waals surface area contributed by atoms with Crippen molar-refractivity contribution in [3.8, 4) is 11.5 Å². The molecule has 0 aliphatic heterocycles. The predicted molar refractivity (Wildman–Crippen MR) is 92.8 cm³/mol. The van der Waals surface area contributed by atoms with E-state index in [1.807, 2.05) is 30.3 Å². The van der Waals surface area contributed by atoms with Gasteiger partial charge in [-0.2, -0.15) is 0 Å². The molecule has 3 aromatic rings. The lowest BCUT2D eigenvalue weighted by molar-refractivity contribution is 0.0974. The summed E-state index contributed by atoms with van der Waals surface area (Å²) in [7, 11) is 0. The van der Waals surface area contributed by atoms with Crippen LogP contribution in [0, 0.1) is 0 Å². The van der Waals surface area contributed by atoms with Crippen molar-refractivity contribution >= 4 is 22.9 Å². The molecule has 0 spiro atoms. The lowest BCUT2D eigenvalue weighted by Gasteiger charge is -2.20. The fourth-order valence-corrected chi connectivity index (χ4v) is 3.01. The first-order valence-corrected chi connectivity index (χ1v) is 7.66. The summed E-state index contributed by atoms with van der Waals surface area (Å²) in [5, 5.41) is 23.1. The number of benzene rings is 3. The number of fused-ring (bicyclic) bond motifs is 2. The average molecular weight is 331 g/mol. The van der Waals surface area contributed by atoms with Gasteiger partial charge in [-0.1, -0.05) is 18.2 Å². The fraction of sp³-hybridized carbons (Fsp3) is 0. The number of nitrogens with one attached hydrogen (secondary N) is 1. The molecule has 0 heterocycles. The quantitative estimate of drug-likeness (QED) is 0.488. The Bertz CT molecular complexity index is 1030. The Hall–Kier alpha value is -3.60. The van der Waals surface area contributed by atoms with Crippen LogP contribution < -0.4 is 5.32 Å². The third-order valence-electron chi connectivity index (χ3n) is 4.19. The lowest BCUT2D eigenvalue weighted by atomic mass is 9.83. The monoisotopic (exact) mass is 331 g/mol. The SMILES string of the molecule is O=C1c2ccc(Nc3ccccc3)cc2C(=O)c2c(O)ccc(O)c21. The Labute approximate surface area is 143 Å². The molecule has 0 bridgehead atoms. The van der Waals surface area contributed by atoms with E-state index < -0.39 is 11.6 Å². The van der Waals surface area contributed by atoms with E-state index in [0.29, 0.717) is 5.69 Å². The van der Waals surface area contributed by atoms with Crippen molar-refractivity contribution in [2.24, 2.45) is 0 Å². The first-order valence-electron chi connectivity index (χ1n) is 7.66. The molecule has 3 N–H and O–H groups in total. The Balaban J connectivity index is 1.82. The average Bonchev–Trinajstić information content (AvgIpc) is 2.62. The summed E-state index contributed by atoms with van der Waals surface area (Å²) >= 11 is 0. The number of hydrogen-bond acceptors (Lipinski definition) is 5. The van der Waals surface area contributed by atoms with E-state index in [2.05, 4.69) is 5.32 Å². The molecule has 4 rings (SSSR count). The van der Waals surface area contributed by atoms with Crippen LogP contribution in [0.25, 0.3) is 0 Å². The van der Waals surface area contributed by atoms with Gasteiger partial charge in [0, 0.05) is 22.5 Å². The van der Waals surface area contributed by atoms with Crippen molar-refractivity contribution in [2.75, 3.05) is 5.32 Å². The van der Waals surface area contributed by atoms with Gasteiger partial charge in [-0.15, -0.1) is 0 Å². The maximum atomic E-state index is 12.8. The van der Waals surface area contributed by atoms with Crippen molar-refractivity contribution in [3.05, 3.63) is 82.9 Å². The molecule has 0 radical (unpaired) electrons. The number of carbonyl (C=O) groups excluding carboxylic acids is 2. The van der Waals surface area contributed by atoms with Gasteiger partial charge in [0.2, 0.25) is 0 Å².